The fourth-order valence-electron chi connectivity index (χ4n) is 3.43. The average molecular weight is 362 g/mol. The second-order valence-electron chi connectivity index (χ2n) is 6.73. The molecule has 1 atom stereocenters. The lowest BCUT2D eigenvalue weighted by molar-refractivity contribution is -0.146. The van der Waals surface area contributed by atoms with Crippen LogP contribution in [0.4, 0.5) is 5.00 Å². The van der Waals surface area contributed by atoms with Crippen LogP contribution in [0.1, 0.15) is 10.4 Å². The number of furan rings is 1. The van der Waals surface area contributed by atoms with E-state index in [1.54, 1.807) is 23.9 Å². The van der Waals surface area contributed by atoms with Gasteiger partial charge in [0.1, 0.15) is 12.2 Å². The first kappa shape index (κ1) is 16.8. The van der Waals surface area contributed by atoms with Crippen LogP contribution < -0.4 is 4.90 Å². The van der Waals surface area contributed by atoms with E-state index in [1.165, 1.54) is 4.88 Å². The van der Waals surface area contributed by atoms with E-state index in [2.05, 4.69) is 11.8 Å². The molecule has 2 aromatic heterocycles. The number of thiophene rings is 1. The first-order chi connectivity index (χ1) is 12.1. The van der Waals surface area contributed by atoms with E-state index in [4.69, 9.17) is 13.9 Å². The second kappa shape index (κ2) is 6.92. The number of amides is 1. The van der Waals surface area contributed by atoms with Crippen molar-refractivity contribution in [2.24, 2.45) is 0 Å². The minimum Gasteiger partial charge on any atom is -0.472 e. The highest BCUT2D eigenvalue weighted by Crippen LogP contribution is 2.31. The Balaban J connectivity index is 1.53. The van der Waals surface area contributed by atoms with Gasteiger partial charge in [-0.05, 0) is 25.1 Å². The van der Waals surface area contributed by atoms with Crippen LogP contribution in [0.25, 0.3) is 0 Å². The summed E-state index contributed by atoms with van der Waals surface area (Å²) in [5, 5.41) is 0.982. The number of carbonyl (C=O) groups excluding carboxylic acids is 1. The Bertz CT molecular complexity index is 729. The van der Waals surface area contributed by atoms with Crippen LogP contribution in [0.15, 0.2) is 35.1 Å². The van der Waals surface area contributed by atoms with E-state index in [1.807, 2.05) is 23.1 Å². The summed E-state index contributed by atoms with van der Waals surface area (Å²) >= 11 is 1.64. The zero-order valence-electron chi connectivity index (χ0n) is 14.3. The van der Waals surface area contributed by atoms with E-state index in [0.29, 0.717) is 19.8 Å². The fraction of sp³-hybridized carbons (Fsp3) is 0.500. The Kier molecular flexibility index (Phi) is 4.64. The van der Waals surface area contributed by atoms with Crippen molar-refractivity contribution in [2.45, 2.75) is 19.1 Å². The zero-order valence-corrected chi connectivity index (χ0v) is 15.1. The van der Waals surface area contributed by atoms with E-state index in [0.717, 1.165) is 30.2 Å². The summed E-state index contributed by atoms with van der Waals surface area (Å²) in [5.41, 5.74) is 0.640. The number of hydrogen-bond donors (Lipinski definition) is 0. The Hall–Kier alpha value is -1.67. The van der Waals surface area contributed by atoms with Crippen LogP contribution in [0, 0.1) is 6.92 Å². The van der Waals surface area contributed by atoms with Crippen molar-refractivity contribution in [3.05, 3.63) is 41.2 Å². The van der Waals surface area contributed by atoms with Crippen molar-refractivity contribution in [1.82, 2.24) is 4.90 Å². The molecular formula is C18H22N2O4S. The summed E-state index contributed by atoms with van der Waals surface area (Å²) in [6, 6.07) is 6.03. The van der Waals surface area contributed by atoms with Gasteiger partial charge in [-0.2, -0.15) is 0 Å². The Morgan fingerprint density at radius 2 is 2.20 bits per heavy atom. The molecule has 4 heterocycles. The number of hydrogen-bond acceptors (Lipinski definition) is 6. The average Bonchev–Trinajstić information content (AvgIpc) is 3.21. The fourth-order valence-corrected chi connectivity index (χ4v) is 4.30. The van der Waals surface area contributed by atoms with Gasteiger partial charge < -0.3 is 13.9 Å². The van der Waals surface area contributed by atoms with E-state index in [-0.39, 0.29) is 12.5 Å². The maximum atomic E-state index is 12.4. The molecule has 0 aromatic carbocycles. The van der Waals surface area contributed by atoms with E-state index < -0.39 is 5.60 Å². The molecule has 2 fully saturated rings. The van der Waals surface area contributed by atoms with Gasteiger partial charge in [-0.25, -0.2) is 0 Å². The third-order valence-corrected chi connectivity index (χ3v) is 5.68. The maximum absolute atomic E-state index is 12.4. The Morgan fingerprint density at radius 1 is 1.28 bits per heavy atom. The highest BCUT2D eigenvalue weighted by Gasteiger charge is 2.43. The van der Waals surface area contributed by atoms with Crippen LogP contribution in [0.2, 0.25) is 0 Å². The molecule has 0 radical (unpaired) electrons. The van der Waals surface area contributed by atoms with Crippen molar-refractivity contribution in [2.75, 3.05) is 44.4 Å². The molecule has 0 N–H and O–H groups in total. The molecule has 1 spiro atoms. The van der Waals surface area contributed by atoms with Gasteiger partial charge in [0.15, 0.2) is 0 Å². The van der Waals surface area contributed by atoms with Gasteiger partial charge >= 0.3 is 0 Å². The monoisotopic (exact) mass is 362 g/mol. The summed E-state index contributed by atoms with van der Waals surface area (Å²) in [4.78, 5) is 17.8. The molecule has 25 heavy (non-hydrogen) atoms. The van der Waals surface area contributed by atoms with Gasteiger partial charge in [-0.1, -0.05) is 0 Å². The predicted molar refractivity (Wildman–Crippen MR) is 94.9 cm³/mol. The summed E-state index contributed by atoms with van der Waals surface area (Å²) in [6.45, 7) is 6.19. The smallest absolute Gasteiger partial charge is 0.253 e. The number of morpholine rings is 1. The first-order valence-electron chi connectivity index (χ1n) is 8.46. The highest BCUT2D eigenvalue weighted by atomic mass is 32.1. The highest BCUT2D eigenvalue weighted by molar-refractivity contribution is 7.16. The molecule has 0 aliphatic carbocycles. The summed E-state index contributed by atoms with van der Waals surface area (Å²) < 4.78 is 17.0. The molecular weight excluding hydrogens is 340 g/mol. The van der Waals surface area contributed by atoms with Gasteiger partial charge in [0.2, 0.25) is 0 Å². The molecule has 2 aliphatic rings. The minimum absolute atomic E-state index is 0.0121. The standard InChI is InChI=1S/C18H22N2O4S/c1-14-2-3-17(25-14)20-12-18(24-10-16(20)21)11-19(5-7-23-13-18)8-15-4-6-22-9-15/h2-4,6,9H,5,7-8,10-13H2,1H3/t18-/m0/s1. The molecule has 6 nitrogen and oxygen atoms in total. The lowest BCUT2D eigenvalue weighted by atomic mass is 10.0. The summed E-state index contributed by atoms with van der Waals surface area (Å²) in [5.74, 6) is 0.0121. The molecule has 2 saturated heterocycles. The van der Waals surface area contributed by atoms with Gasteiger partial charge in [0, 0.05) is 30.1 Å². The maximum Gasteiger partial charge on any atom is 0.253 e. The van der Waals surface area contributed by atoms with Crippen LogP contribution in [-0.4, -0.2) is 55.9 Å². The molecule has 7 heteroatoms. The topological polar surface area (TPSA) is 55.1 Å². The summed E-state index contributed by atoms with van der Waals surface area (Å²) in [7, 11) is 0. The van der Waals surface area contributed by atoms with Gasteiger partial charge in [0.25, 0.3) is 5.91 Å². The van der Waals surface area contributed by atoms with Crippen molar-refractivity contribution in [3.8, 4) is 0 Å². The SMILES string of the molecule is Cc1ccc(N2C[C@@]3(COCCN(Cc4ccoc4)C3)OCC2=O)s1. The largest absolute Gasteiger partial charge is 0.472 e. The molecule has 0 unspecified atom stereocenters. The van der Waals surface area contributed by atoms with Crippen LogP contribution in [0.3, 0.4) is 0 Å². The molecule has 134 valence electrons. The lowest BCUT2D eigenvalue weighted by Gasteiger charge is -2.42. The zero-order chi connectivity index (χ0) is 17.3. The van der Waals surface area contributed by atoms with Crippen molar-refractivity contribution < 1.29 is 18.7 Å². The number of anilines is 1. The van der Waals surface area contributed by atoms with Crippen molar-refractivity contribution in [1.29, 1.82) is 0 Å². The molecule has 2 aliphatic heterocycles. The molecule has 2 aromatic rings. The van der Waals surface area contributed by atoms with Gasteiger partial charge in [-0.3, -0.25) is 14.6 Å². The number of rotatable bonds is 3. The quantitative estimate of drug-likeness (QED) is 0.839. The Morgan fingerprint density at radius 3 is 2.96 bits per heavy atom. The number of carbonyl (C=O) groups is 1. The first-order valence-corrected chi connectivity index (χ1v) is 9.27. The predicted octanol–water partition coefficient (Wildman–Crippen LogP) is 2.28. The number of nitrogens with zero attached hydrogens (tertiary/aromatic N) is 2. The number of ether oxygens (including phenoxy) is 2. The molecule has 4 rings (SSSR count). The third kappa shape index (κ3) is 3.64. The minimum atomic E-state index is -0.494. The third-order valence-electron chi connectivity index (χ3n) is 4.66. The van der Waals surface area contributed by atoms with Crippen LogP contribution in [0.5, 0.6) is 0 Å². The van der Waals surface area contributed by atoms with Crippen molar-refractivity contribution >= 4 is 22.2 Å². The molecule has 0 saturated carbocycles. The molecule has 0 bridgehead atoms. The lowest BCUT2D eigenvalue weighted by Crippen LogP contribution is -2.60. The second-order valence-corrected chi connectivity index (χ2v) is 8.00. The molecule has 1 amide bonds. The normalized spacial score (nSPS) is 25.5. The summed E-state index contributed by atoms with van der Waals surface area (Å²) in [6.07, 6.45) is 3.46. The number of aryl methyl sites for hydroxylation is 1. The van der Waals surface area contributed by atoms with Gasteiger partial charge in [-0.15, -0.1) is 11.3 Å². The van der Waals surface area contributed by atoms with E-state index >= 15 is 0 Å². The van der Waals surface area contributed by atoms with Crippen LogP contribution >= 0.6 is 11.3 Å². The Labute approximate surface area is 150 Å². The van der Waals surface area contributed by atoms with Gasteiger partial charge in [0.05, 0.1) is 37.3 Å². The van der Waals surface area contributed by atoms with Crippen LogP contribution in [-0.2, 0) is 20.8 Å². The van der Waals surface area contributed by atoms with E-state index in [9.17, 15) is 4.79 Å². The van der Waals surface area contributed by atoms with Crippen molar-refractivity contribution in [3.63, 3.8) is 0 Å².